The third kappa shape index (κ3) is 4.44. The Balaban J connectivity index is 1.68. The van der Waals surface area contributed by atoms with Crippen molar-refractivity contribution in [2.45, 2.75) is 58.0 Å². The largest absolute Gasteiger partial charge is 0.335 e. The SMILES string of the molecule is CCC(=O)N1C2CCCC1CN(CC=C(C)c1ccc(Cl)c(Cl)c1)CC2. The predicted octanol–water partition coefficient (Wildman–Crippen LogP) is 5.26. The lowest BCUT2D eigenvalue weighted by Gasteiger charge is -2.40. The molecule has 2 aliphatic heterocycles. The number of nitrogens with zero attached hydrogens (tertiary/aromatic N) is 2. The zero-order valence-electron chi connectivity index (χ0n) is 15.7. The number of hydrogen-bond donors (Lipinski definition) is 0. The number of halogens is 2. The van der Waals surface area contributed by atoms with Gasteiger partial charge < -0.3 is 4.90 Å². The standard InChI is InChI=1S/C21H28Cl2N2O/c1-3-21(26)25-17-5-4-6-18(25)14-24(12-10-17)11-9-15(2)16-7-8-19(22)20(23)13-16/h7-9,13,17-18H,3-6,10-12,14H2,1-2H3. The zero-order chi connectivity index (χ0) is 18.7. The monoisotopic (exact) mass is 394 g/mol. The average molecular weight is 395 g/mol. The molecule has 0 saturated carbocycles. The Morgan fingerprint density at radius 1 is 1.19 bits per heavy atom. The van der Waals surface area contributed by atoms with Gasteiger partial charge in [-0.2, -0.15) is 0 Å². The van der Waals surface area contributed by atoms with E-state index >= 15 is 0 Å². The minimum atomic E-state index is 0.323. The highest BCUT2D eigenvalue weighted by molar-refractivity contribution is 6.42. The number of rotatable bonds is 4. The number of hydrogen-bond acceptors (Lipinski definition) is 2. The second-order valence-electron chi connectivity index (χ2n) is 7.46. The minimum absolute atomic E-state index is 0.323. The number of benzene rings is 1. The maximum absolute atomic E-state index is 12.4. The van der Waals surface area contributed by atoms with Gasteiger partial charge >= 0.3 is 0 Å². The van der Waals surface area contributed by atoms with Crippen molar-refractivity contribution in [2.24, 2.45) is 0 Å². The fourth-order valence-electron chi connectivity index (χ4n) is 4.23. The van der Waals surface area contributed by atoms with Crippen LogP contribution in [0.3, 0.4) is 0 Å². The second kappa shape index (κ2) is 8.77. The summed E-state index contributed by atoms with van der Waals surface area (Å²) in [5, 5.41) is 1.18. The van der Waals surface area contributed by atoms with Gasteiger partial charge in [-0.25, -0.2) is 0 Å². The Labute approximate surface area is 166 Å². The first-order valence-electron chi connectivity index (χ1n) is 9.65. The molecule has 2 saturated heterocycles. The highest BCUT2D eigenvalue weighted by atomic mass is 35.5. The first-order chi connectivity index (χ1) is 12.5. The van der Waals surface area contributed by atoms with Crippen molar-refractivity contribution in [2.75, 3.05) is 19.6 Å². The number of amides is 1. The molecule has 1 aromatic carbocycles. The quantitative estimate of drug-likeness (QED) is 0.694. The summed E-state index contributed by atoms with van der Waals surface area (Å²) in [5.74, 6) is 0.323. The molecule has 1 amide bonds. The Hall–Kier alpha value is -1.03. The highest BCUT2D eigenvalue weighted by Gasteiger charge is 2.36. The van der Waals surface area contributed by atoms with E-state index in [-0.39, 0.29) is 0 Å². The van der Waals surface area contributed by atoms with E-state index in [4.69, 9.17) is 23.2 Å². The predicted molar refractivity (Wildman–Crippen MR) is 110 cm³/mol. The van der Waals surface area contributed by atoms with Crippen LogP contribution in [0.1, 0.15) is 51.5 Å². The molecule has 0 spiro atoms. The van der Waals surface area contributed by atoms with Crippen LogP contribution >= 0.6 is 23.2 Å². The number of fused-ring (bicyclic) bond motifs is 2. The van der Waals surface area contributed by atoms with E-state index in [9.17, 15) is 4.79 Å². The molecule has 2 fully saturated rings. The van der Waals surface area contributed by atoms with Gasteiger partial charge in [0.2, 0.25) is 5.91 Å². The van der Waals surface area contributed by atoms with Crippen LogP contribution in [0, 0.1) is 0 Å². The molecular formula is C21H28Cl2N2O. The van der Waals surface area contributed by atoms with Crippen molar-refractivity contribution in [3.63, 3.8) is 0 Å². The van der Waals surface area contributed by atoms with Crippen molar-refractivity contribution in [1.29, 1.82) is 0 Å². The summed E-state index contributed by atoms with van der Waals surface area (Å²) in [6.07, 6.45) is 7.50. The second-order valence-corrected chi connectivity index (χ2v) is 8.27. The lowest BCUT2D eigenvalue weighted by atomic mass is 9.94. The Kier molecular flexibility index (Phi) is 6.65. The minimum Gasteiger partial charge on any atom is -0.335 e. The van der Waals surface area contributed by atoms with Crippen LogP contribution in [0.25, 0.3) is 5.57 Å². The van der Waals surface area contributed by atoms with Crippen LogP contribution < -0.4 is 0 Å². The number of carbonyl (C=O) groups excluding carboxylic acids is 1. The van der Waals surface area contributed by atoms with E-state index in [1.165, 1.54) is 12.0 Å². The molecule has 2 aliphatic rings. The van der Waals surface area contributed by atoms with Gasteiger partial charge in [-0.05, 0) is 55.9 Å². The Morgan fingerprint density at radius 3 is 2.69 bits per heavy atom. The maximum Gasteiger partial charge on any atom is 0.222 e. The van der Waals surface area contributed by atoms with Crippen LogP contribution in [0.5, 0.6) is 0 Å². The van der Waals surface area contributed by atoms with Gasteiger partial charge in [-0.15, -0.1) is 0 Å². The van der Waals surface area contributed by atoms with Gasteiger partial charge in [0.15, 0.2) is 0 Å². The molecule has 2 heterocycles. The summed E-state index contributed by atoms with van der Waals surface area (Å²) in [6, 6.07) is 6.60. The van der Waals surface area contributed by atoms with E-state index in [1.807, 2.05) is 25.1 Å². The molecule has 2 atom stereocenters. The fraction of sp³-hybridized carbons (Fsp3) is 0.571. The molecule has 0 radical (unpaired) electrons. The molecule has 142 valence electrons. The van der Waals surface area contributed by atoms with E-state index < -0.39 is 0 Å². The van der Waals surface area contributed by atoms with Gasteiger partial charge in [0.1, 0.15) is 0 Å². The van der Waals surface area contributed by atoms with Crippen molar-refractivity contribution in [1.82, 2.24) is 9.80 Å². The molecule has 5 heteroatoms. The van der Waals surface area contributed by atoms with Crippen molar-refractivity contribution in [3.05, 3.63) is 39.9 Å². The van der Waals surface area contributed by atoms with Gasteiger partial charge in [-0.1, -0.05) is 42.3 Å². The van der Waals surface area contributed by atoms with Crippen molar-refractivity contribution in [3.8, 4) is 0 Å². The smallest absolute Gasteiger partial charge is 0.222 e. The summed E-state index contributed by atoms with van der Waals surface area (Å²) in [6.45, 7) is 7.03. The first kappa shape index (κ1) is 19.7. The number of carbonyl (C=O) groups is 1. The van der Waals surface area contributed by atoms with Crippen LogP contribution in [0.4, 0.5) is 0 Å². The lowest BCUT2D eigenvalue weighted by Crippen LogP contribution is -2.51. The van der Waals surface area contributed by atoms with Crippen LogP contribution in [0.15, 0.2) is 24.3 Å². The summed E-state index contributed by atoms with van der Waals surface area (Å²) in [7, 11) is 0. The zero-order valence-corrected chi connectivity index (χ0v) is 17.2. The number of piperidine rings is 1. The van der Waals surface area contributed by atoms with E-state index in [0.29, 0.717) is 34.5 Å². The molecule has 0 aliphatic carbocycles. The van der Waals surface area contributed by atoms with Gasteiger partial charge in [-0.3, -0.25) is 9.69 Å². The lowest BCUT2D eigenvalue weighted by molar-refractivity contribution is -0.137. The third-order valence-corrected chi connectivity index (χ3v) is 6.47. The van der Waals surface area contributed by atoms with Gasteiger partial charge in [0.25, 0.3) is 0 Å². The van der Waals surface area contributed by atoms with Gasteiger partial charge in [0, 0.05) is 38.1 Å². The highest BCUT2D eigenvalue weighted by Crippen LogP contribution is 2.30. The Bertz CT molecular complexity index is 689. The summed E-state index contributed by atoms with van der Waals surface area (Å²) < 4.78 is 0. The molecule has 2 unspecified atom stereocenters. The van der Waals surface area contributed by atoms with Crippen LogP contribution in [-0.2, 0) is 4.79 Å². The van der Waals surface area contributed by atoms with Crippen molar-refractivity contribution < 1.29 is 4.79 Å². The molecule has 26 heavy (non-hydrogen) atoms. The van der Waals surface area contributed by atoms with E-state index in [2.05, 4.69) is 22.8 Å². The van der Waals surface area contributed by atoms with Crippen LogP contribution in [0.2, 0.25) is 10.0 Å². The van der Waals surface area contributed by atoms with Gasteiger partial charge in [0.05, 0.1) is 10.0 Å². The van der Waals surface area contributed by atoms with Crippen molar-refractivity contribution >= 4 is 34.7 Å². The number of allylic oxidation sites excluding steroid dienone is 1. The maximum atomic E-state index is 12.4. The molecule has 1 aromatic rings. The molecule has 3 nitrogen and oxygen atoms in total. The topological polar surface area (TPSA) is 23.6 Å². The Morgan fingerprint density at radius 2 is 1.96 bits per heavy atom. The molecule has 0 aromatic heterocycles. The normalized spacial score (nSPS) is 24.5. The fourth-order valence-corrected chi connectivity index (χ4v) is 4.53. The summed E-state index contributed by atoms with van der Waals surface area (Å²) >= 11 is 12.2. The average Bonchev–Trinajstić information content (AvgIpc) is 2.74. The van der Waals surface area contributed by atoms with Crippen LogP contribution in [-0.4, -0.2) is 47.4 Å². The summed E-state index contributed by atoms with van der Waals surface area (Å²) in [5.41, 5.74) is 2.31. The molecular weight excluding hydrogens is 367 g/mol. The van der Waals surface area contributed by atoms with E-state index in [1.54, 1.807) is 0 Å². The van der Waals surface area contributed by atoms with E-state index in [0.717, 1.165) is 44.5 Å². The molecule has 2 bridgehead atoms. The molecule has 3 rings (SSSR count). The summed E-state index contributed by atoms with van der Waals surface area (Å²) in [4.78, 5) is 17.1. The first-order valence-corrected chi connectivity index (χ1v) is 10.4. The third-order valence-electron chi connectivity index (χ3n) is 5.73. The molecule has 0 N–H and O–H groups in total.